The molecule has 4 aliphatic carbocycles. The number of likely N-dealkylation sites (tertiary alicyclic amines) is 1. The molecule has 0 aromatic carbocycles. The lowest BCUT2D eigenvalue weighted by Crippen LogP contribution is -2.53. The molecule has 2 N–H and O–H groups in total. The van der Waals surface area contributed by atoms with Gasteiger partial charge in [0.15, 0.2) is 0 Å². The summed E-state index contributed by atoms with van der Waals surface area (Å²) in [5, 5.41) is 0. The lowest BCUT2D eigenvalue weighted by atomic mass is 9.49. The average Bonchev–Trinajstić information content (AvgIpc) is 2.25. The Labute approximate surface area is 111 Å². The van der Waals surface area contributed by atoms with Crippen molar-refractivity contribution in [3.05, 3.63) is 0 Å². The third kappa shape index (κ3) is 2.02. The molecule has 0 aromatic rings. The molecule has 5 rings (SSSR count). The van der Waals surface area contributed by atoms with Crippen LogP contribution >= 0.6 is 0 Å². The molecule has 0 aromatic heterocycles. The van der Waals surface area contributed by atoms with Gasteiger partial charge in [-0.25, -0.2) is 0 Å². The predicted molar refractivity (Wildman–Crippen MR) is 74.3 cm³/mol. The molecular formula is C16H28N2. The summed E-state index contributed by atoms with van der Waals surface area (Å²) in [5.41, 5.74) is 6.86. The van der Waals surface area contributed by atoms with Crippen LogP contribution in [0.25, 0.3) is 0 Å². The second-order valence-electron chi connectivity index (χ2n) is 8.05. The molecule has 102 valence electrons. The molecular weight excluding hydrogens is 220 g/mol. The van der Waals surface area contributed by atoms with Gasteiger partial charge in [0, 0.05) is 19.1 Å². The highest BCUT2D eigenvalue weighted by atomic mass is 15.2. The Morgan fingerprint density at radius 3 is 2.17 bits per heavy atom. The van der Waals surface area contributed by atoms with E-state index in [4.69, 9.17) is 5.73 Å². The van der Waals surface area contributed by atoms with Crippen molar-refractivity contribution in [3.8, 4) is 0 Å². The molecule has 1 aliphatic heterocycles. The van der Waals surface area contributed by atoms with E-state index < -0.39 is 0 Å². The van der Waals surface area contributed by atoms with E-state index in [1.165, 1.54) is 32.5 Å². The first-order valence-electron chi connectivity index (χ1n) is 8.19. The molecule has 2 heteroatoms. The average molecular weight is 248 g/mol. The molecule has 4 bridgehead atoms. The Balaban J connectivity index is 1.47. The van der Waals surface area contributed by atoms with E-state index in [1.54, 1.807) is 38.5 Å². The molecule has 2 nitrogen and oxygen atoms in total. The molecule has 1 atom stereocenters. The number of nitrogens with zero attached hydrogens (tertiary/aromatic N) is 1. The van der Waals surface area contributed by atoms with Crippen molar-refractivity contribution in [3.63, 3.8) is 0 Å². The van der Waals surface area contributed by atoms with Crippen LogP contribution in [0.5, 0.6) is 0 Å². The van der Waals surface area contributed by atoms with E-state index in [1.807, 2.05) is 0 Å². The Kier molecular flexibility index (Phi) is 2.74. The Morgan fingerprint density at radius 2 is 1.61 bits per heavy atom. The van der Waals surface area contributed by atoms with Gasteiger partial charge < -0.3 is 10.6 Å². The van der Waals surface area contributed by atoms with Gasteiger partial charge in [-0.3, -0.25) is 0 Å². The molecule has 0 spiro atoms. The van der Waals surface area contributed by atoms with Gasteiger partial charge in [-0.15, -0.1) is 0 Å². The Morgan fingerprint density at radius 1 is 1.00 bits per heavy atom. The maximum atomic E-state index is 6.15. The lowest BCUT2D eigenvalue weighted by molar-refractivity contribution is -0.0716. The molecule has 18 heavy (non-hydrogen) atoms. The number of rotatable bonds is 2. The van der Waals surface area contributed by atoms with Gasteiger partial charge in [0.25, 0.3) is 0 Å². The van der Waals surface area contributed by atoms with Crippen LogP contribution in [0.3, 0.4) is 0 Å². The molecule has 1 saturated heterocycles. The van der Waals surface area contributed by atoms with Crippen LogP contribution in [-0.2, 0) is 0 Å². The van der Waals surface area contributed by atoms with Gasteiger partial charge in [0.05, 0.1) is 0 Å². The molecule has 5 fully saturated rings. The van der Waals surface area contributed by atoms with Gasteiger partial charge in [0.2, 0.25) is 0 Å². The van der Waals surface area contributed by atoms with Crippen molar-refractivity contribution in [1.82, 2.24) is 4.90 Å². The van der Waals surface area contributed by atoms with Crippen LogP contribution in [-0.4, -0.2) is 30.6 Å². The van der Waals surface area contributed by atoms with Crippen LogP contribution in [0.1, 0.15) is 51.4 Å². The monoisotopic (exact) mass is 248 g/mol. The van der Waals surface area contributed by atoms with Crippen LogP contribution in [0.15, 0.2) is 0 Å². The zero-order valence-electron chi connectivity index (χ0n) is 11.6. The van der Waals surface area contributed by atoms with E-state index in [2.05, 4.69) is 4.90 Å². The fourth-order valence-corrected chi connectivity index (χ4v) is 6.19. The minimum atomic E-state index is 0.452. The van der Waals surface area contributed by atoms with Crippen LogP contribution in [0.2, 0.25) is 0 Å². The smallest absolute Gasteiger partial charge is 0.0168 e. The summed E-state index contributed by atoms with van der Waals surface area (Å²) in [4.78, 5) is 2.71. The lowest BCUT2D eigenvalue weighted by Gasteiger charge is -2.58. The number of hydrogen-bond donors (Lipinski definition) is 1. The molecule has 5 aliphatic rings. The summed E-state index contributed by atoms with van der Waals surface area (Å²) in [5.74, 6) is 3.28. The first kappa shape index (κ1) is 11.7. The predicted octanol–water partition coefficient (Wildman–Crippen LogP) is 2.63. The third-order valence-corrected chi connectivity index (χ3v) is 6.27. The van der Waals surface area contributed by atoms with Gasteiger partial charge in [-0.05, 0) is 81.1 Å². The van der Waals surface area contributed by atoms with Crippen LogP contribution in [0, 0.1) is 23.2 Å². The van der Waals surface area contributed by atoms with Crippen molar-refractivity contribution in [2.24, 2.45) is 28.9 Å². The summed E-state index contributed by atoms with van der Waals surface area (Å²) >= 11 is 0. The van der Waals surface area contributed by atoms with Gasteiger partial charge in [-0.1, -0.05) is 0 Å². The SMILES string of the molecule is N[C@@H]1CCCN(CC23CC4CC(CC(C4)C2)C3)C1. The first-order chi connectivity index (χ1) is 8.71. The molecule has 4 saturated carbocycles. The van der Waals surface area contributed by atoms with E-state index in [9.17, 15) is 0 Å². The quantitative estimate of drug-likeness (QED) is 0.814. The van der Waals surface area contributed by atoms with E-state index >= 15 is 0 Å². The van der Waals surface area contributed by atoms with Crippen LogP contribution in [0.4, 0.5) is 0 Å². The van der Waals surface area contributed by atoms with E-state index in [0.717, 1.165) is 17.8 Å². The zero-order chi connectivity index (χ0) is 12.2. The van der Waals surface area contributed by atoms with Crippen molar-refractivity contribution in [2.45, 2.75) is 57.4 Å². The molecule has 0 amide bonds. The third-order valence-electron chi connectivity index (χ3n) is 6.27. The fraction of sp³-hybridized carbons (Fsp3) is 1.00. The zero-order valence-corrected chi connectivity index (χ0v) is 11.6. The highest BCUT2D eigenvalue weighted by Gasteiger charge is 2.51. The second-order valence-corrected chi connectivity index (χ2v) is 8.05. The summed E-state index contributed by atoms with van der Waals surface area (Å²) in [6.45, 7) is 3.86. The van der Waals surface area contributed by atoms with Crippen LogP contribution < -0.4 is 5.73 Å². The molecule has 0 radical (unpaired) electrons. The maximum Gasteiger partial charge on any atom is 0.0168 e. The summed E-state index contributed by atoms with van der Waals surface area (Å²) < 4.78 is 0. The minimum Gasteiger partial charge on any atom is -0.327 e. The number of piperidine rings is 1. The van der Waals surface area contributed by atoms with Gasteiger partial charge in [0.1, 0.15) is 0 Å². The Hall–Kier alpha value is -0.0800. The largest absolute Gasteiger partial charge is 0.327 e. The summed E-state index contributed by atoms with van der Waals surface area (Å²) in [6, 6.07) is 0.452. The standard InChI is InChI=1S/C16H28N2/c17-15-2-1-3-18(10-15)11-16-7-12-4-13(8-16)6-14(5-12)9-16/h12-15H,1-11,17H2/t12?,13?,14?,15-,16?/m1/s1. The minimum absolute atomic E-state index is 0.452. The van der Waals surface area contributed by atoms with Crippen molar-refractivity contribution in [1.29, 1.82) is 0 Å². The van der Waals surface area contributed by atoms with Crippen molar-refractivity contribution >= 4 is 0 Å². The summed E-state index contributed by atoms with van der Waals surface area (Å²) in [7, 11) is 0. The fourth-order valence-electron chi connectivity index (χ4n) is 6.19. The van der Waals surface area contributed by atoms with E-state index in [0.29, 0.717) is 11.5 Å². The topological polar surface area (TPSA) is 29.3 Å². The van der Waals surface area contributed by atoms with Gasteiger partial charge in [-0.2, -0.15) is 0 Å². The molecule has 1 heterocycles. The first-order valence-corrected chi connectivity index (χ1v) is 8.19. The highest BCUT2D eigenvalue weighted by Crippen LogP contribution is 2.60. The maximum absolute atomic E-state index is 6.15. The number of nitrogens with two attached hydrogens (primary N) is 1. The van der Waals surface area contributed by atoms with Crippen molar-refractivity contribution in [2.75, 3.05) is 19.6 Å². The van der Waals surface area contributed by atoms with Gasteiger partial charge >= 0.3 is 0 Å². The Bertz CT molecular complexity index is 290. The van der Waals surface area contributed by atoms with Crippen molar-refractivity contribution < 1.29 is 0 Å². The number of hydrogen-bond acceptors (Lipinski definition) is 2. The molecule has 0 unspecified atom stereocenters. The van der Waals surface area contributed by atoms with E-state index in [-0.39, 0.29) is 0 Å². The highest BCUT2D eigenvalue weighted by molar-refractivity contribution is 5.02. The summed E-state index contributed by atoms with van der Waals surface area (Å²) in [6.07, 6.45) is 11.9. The second kappa shape index (κ2) is 4.21. The normalized spacial score (nSPS) is 51.8.